The van der Waals surface area contributed by atoms with Crippen LogP contribution in [-0.2, 0) is 6.42 Å². The average molecular weight is 246 g/mol. The number of hydrogen-bond acceptors (Lipinski definition) is 4. The second kappa shape index (κ2) is 6.00. The number of anilines is 2. The van der Waals surface area contributed by atoms with E-state index in [0.717, 1.165) is 30.2 Å². The smallest absolute Gasteiger partial charge is 0.144 e. The molecule has 2 aromatic rings. The van der Waals surface area contributed by atoms with Gasteiger partial charge in [-0.3, -0.25) is 0 Å². The van der Waals surface area contributed by atoms with Gasteiger partial charge >= 0.3 is 0 Å². The van der Waals surface area contributed by atoms with Crippen molar-refractivity contribution in [2.75, 3.05) is 24.2 Å². The van der Waals surface area contributed by atoms with Crippen LogP contribution in [0.5, 0.6) is 5.75 Å². The highest BCUT2D eigenvalue weighted by molar-refractivity contribution is 5.61. The standard InChI is InChI=1S/C14H18N2O2/c1-2-17-14-10-11(5-6-13(14)15)16-8-7-12-4-3-9-18-12/h3-6,9-10,16H,2,7-8,15H2,1H3. The van der Waals surface area contributed by atoms with Gasteiger partial charge in [-0.05, 0) is 31.2 Å². The van der Waals surface area contributed by atoms with Crippen LogP contribution in [0.3, 0.4) is 0 Å². The minimum absolute atomic E-state index is 0.611. The zero-order valence-electron chi connectivity index (χ0n) is 10.5. The van der Waals surface area contributed by atoms with Crippen molar-refractivity contribution in [3.63, 3.8) is 0 Å². The van der Waals surface area contributed by atoms with Crippen molar-refractivity contribution in [3.8, 4) is 5.75 Å². The molecule has 18 heavy (non-hydrogen) atoms. The van der Waals surface area contributed by atoms with E-state index < -0.39 is 0 Å². The van der Waals surface area contributed by atoms with Gasteiger partial charge in [0.25, 0.3) is 0 Å². The van der Waals surface area contributed by atoms with Crippen molar-refractivity contribution in [1.29, 1.82) is 0 Å². The van der Waals surface area contributed by atoms with E-state index in [1.165, 1.54) is 0 Å². The summed E-state index contributed by atoms with van der Waals surface area (Å²) in [7, 11) is 0. The Kier molecular flexibility index (Phi) is 4.12. The highest BCUT2D eigenvalue weighted by atomic mass is 16.5. The summed E-state index contributed by atoms with van der Waals surface area (Å²) in [5, 5.41) is 3.31. The first-order valence-electron chi connectivity index (χ1n) is 6.08. The summed E-state index contributed by atoms with van der Waals surface area (Å²) in [5.41, 5.74) is 7.47. The van der Waals surface area contributed by atoms with Crippen LogP contribution in [0.15, 0.2) is 41.0 Å². The monoisotopic (exact) mass is 246 g/mol. The van der Waals surface area contributed by atoms with Gasteiger partial charge in [-0.2, -0.15) is 0 Å². The lowest BCUT2D eigenvalue weighted by atomic mass is 10.2. The molecule has 0 radical (unpaired) electrons. The van der Waals surface area contributed by atoms with Crippen molar-refractivity contribution in [1.82, 2.24) is 0 Å². The van der Waals surface area contributed by atoms with Gasteiger partial charge in [-0.1, -0.05) is 0 Å². The van der Waals surface area contributed by atoms with Gasteiger partial charge in [0.15, 0.2) is 0 Å². The van der Waals surface area contributed by atoms with Crippen LogP contribution in [0.1, 0.15) is 12.7 Å². The predicted octanol–water partition coefficient (Wildman–Crippen LogP) is 2.92. The fourth-order valence-corrected chi connectivity index (χ4v) is 1.71. The molecule has 0 saturated heterocycles. The molecule has 2 rings (SSSR count). The molecule has 1 aromatic carbocycles. The van der Waals surface area contributed by atoms with E-state index >= 15 is 0 Å². The minimum Gasteiger partial charge on any atom is -0.492 e. The quantitative estimate of drug-likeness (QED) is 0.769. The van der Waals surface area contributed by atoms with Gasteiger partial charge in [0.2, 0.25) is 0 Å². The highest BCUT2D eigenvalue weighted by Gasteiger charge is 2.02. The zero-order chi connectivity index (χ0) is 12.8. The minimum atomic E-state index is 0.611. The summed E-state index contributed by atoms with van der Waals surface area (Å²) in [5.74, 6) is 1.70. The Morgan fingerprint density at radius 2 is 2.22 bits per heavy atom. The van der Waals surface area contributed by atoms with Gasteiger partial charge in [0.05, 0.1) is 18.6 Å². The Labute approximate surface area is 107 Å². The molecule has 4 nitrogen and oxygen atoms in total. The normalized spacial score (nSPS) is 10.3. The Balaban J connectivity index is 1.90. The Hall–Kier alpha value is -2.10. The molecule has 3 N–H and O–H groups in total. The van der Waals surface area contributed by atoms with Gasteiger partial charge in [0.1, 0.15) is 11.5 Å². The van der Waals surface area contributed by atoms with Crippen molar-refractivity contribution < 1.29 is 9.15 Å². The predicted molar refractivity (Wildman–Crippen MR) is 72.9 cm³/mol. The van der Waals surface area contributed by atoms with E-state index in [-0.39, 0.29) is 0 Å². The number of nitrogens with two attached hydrogens (primary N) is 1. The molecule has 0 amide bonds. The van der Waals surface area contributed by atoms with Crippen LogP contribution in [0.25, 0.3) is 0 Å². The molecule has 0 spiro atoms. The van der Waals surface area contributed by atoms with Crippen molar-refractivity contribution in [2.24, 2.45) is 0 Å². The third-order valence-corrected chi connectivity index (χ3v) is 2.59. The molecular formula is C14H18N2O2. The third-order valence-electron chi connectivity index (χ3n) is 2.59. The lowest BCUT2D eigenvalue weighted by molar-refractivity contribution is 0.342. The lowest BCUT2D eigenvalue weighted by Gasteiger charge is -2.10. The third kappa shape index (κ3) is 3.20. The van der Waals surface area contributed by atoms with Crippen LogP contribution in [-0.4, -0.2) is 13.2 Å². The molecule has 0 aliphatic rings. The Bertz CT molecular complexity index is 481. The number of benzene rings is 1. The molecule has 0 aliphatic carbocycles. The molecule has 0 fully saturated rings. The molecule has 0 aliphatic heterocycles. The van der Waals surface area contributed by atoms with E-state index in [1.54, 1.807) is 6.26 Å². The fraction of sp³-hybridized carbons (Fsp3) is 0.286. The number of nitrogens with one attached hydrogen (secondary N) is 1. The van der Waals surface area contributed by atoms with Crippen LogP contribution in [0.2, 0.25) is 0 Å². The maximum absolute atomic E-state index is 5.81. The summed E-state index contributed by atoms with van der Waals surface area (Å²) < 4.78 is 10.7. The number of furan rings is 1. The van der Waals surface area contributed by atoms with Gasteiger partial charge in [0, 0.05) is 24.7 Å². The van der Waals surface area contributed by atoms with E-state index in [1.807, 2.05) is 37.3 Å². The second-order valence-corrected chi connectivity index (χ2v) is 3.94. The molecule has 0 saturated carbocycles. The van der Waals surface area contributed by atoms with Gasteiger partial charge in [-0.25, -0.2) is 0 Å². The molecule has 0 bridgehead atoms. The largest absolute Gasteiger partial charge is 0.492 e. The first-order valence-corrected chi connectivity index (χ1v) is 6.08. The molecule has 96 valence electrons. The Morgan fingerprint density at radius 3 is 2.94 bits per heavy atom. The SMILES string of the molecule is CCOc1cc(NCCc2ccco2)ccc1N. The summed E-state index contributed by atoms with van der Waals surface area (Å²) >= 11 is 0. The second-order valence-electron chi connectivity index (χ2n) is 3.94. The maximum Gasteiger partial charge on any atom is 0.144 e. The van der Waals surface area contributed by atoms with Gasteiger partial charge < -0.3 is 20.2 Å². The summed E-state index contributed by atoms with van der Waals surface area (Å²) in [6, 6.07) is 9.57. The average Bonchev–Trinajstić information content (AvgIpc) is 2.87. The molecule has 0 atom stereocenters. The van der Waals surface area contributed by atoms with Crippen molar-refractivity contribution in [3.05, 3.63) is 42.4 Å². The number of ether oxygens (including phenoxy) is 1. The zero-order valence-corrected chi connectivity index (χ0v) is 10.5. The topological polar surface area (TPSA) is 60.4 Å². The maximum atomic E-state index is 5.81. The van der Waals surface area contributed by atoms with Crippen LogP contribution in [0, 0.1) is 0 Å². The number of hydrogen-bond donors (Lipinski definition) is 2. The van der Waals surface area contributed by atoms with Crippen LogP contribution in [0.4, 0.5) is 11.4 Å². The van der Waals surface area contributed by atoms with Crippen LogP contribution >= 0.6 is 0 Å². The van der Waals surface area contributed by atoms with Crippen molar-refractivity contribution >= 4 is 11.4 Å². The summed E-state index contributed by atoms with van der Waals surface area (Å²) in [4.78, 5) is 0. The molecule has 0 unspecified atom stereocenters. The molecular weight excluding hydrogens is 228 g/mol. The summed E-state index contributed by atoms with van der Waals surface area (Å²) in [6.07, 6.45) is 2.53. The molecule has 1 aromatic heterocycles. The molecule has 1 heterocycles. The lowest BCUT2D eigenvalue weighted by Crippen LogP contribution is -2.05. The van der Waals surface area contributed by atoms with E-state index in [0.29, 0.717) is 12.3 Å². The number of nitrogen functional groups attached to an aromatic ring is 1. The van der Waals surface area contributed by atoms with Crippen LogP contribution < -0.4 is 15.8 Å². The van der Waals surface area contributed by atoms with E-state index in [2.05, 4.69) is 5.32 Å². The van der Waals surface area contributed by atoms with E-state index in [4.69, 9.17) is 14.9 Å². The number of rotatable bonds is 6. The van der Waals surface area contributed by atoms with Crippen molar-refractivity contribution in [2.45, 2.75) is 13.3 Å². The fourth-order valence-electron chi connectivity index (χ4n) is 1.71. The van der Waals surface area contributed by atoms with Gasteiger partial charge in [-0.15, -0.1) is 0 Å². The first-order chi connectivity index (χ1) is 8.79. The highest BCUT2D eigenvalue weighted by Crippen LogP contribution is 2.25. The first kappa shape index (κ1) is 12.4. The Morgan fingerprint density at radius 1 is 1.33 bits per heavy atom. The summed E-state index contributed by atoms with van der Waals surface area (Å²) in [6.45, 7) is 3.36. The molecule has 4 heteroatoms. The van der Waals surface area contributed by atoms with E-state index in [9.17, 15) is 0 Å².